The summed E-state index contributed by atoms with van der Waals surface area (Å²) in [5.74, 6) is -1.46. The molecule has 1 aromatic rings. The number of rotatable bonds is 2. The number of nitrogens with zero attached hydrogens (tertiary/aromatic N) is 2. The van der Waals surface area contributed by atoms with Crippen LogP contribution in [0.25, 0.3) is 0 Å². The maximum atomic E-state index is 13.5. The van der Waals surface area contributed by atoms with E-state index < -0.39 is 36.7 Å². The third-order valence-electron chi connectivity index (χ3n) is 2.89. The number of hydrogen-bond donors (Lipinski definition) is 0. The molecule has 9 heteroatoms. The van der Waals surface area contributed by atoms with Crippen molar-refractivity contribution in [3.63, 3.8) is 0 Å². The van der Waals surface area contributed by atoms with E-state index in [-0.39, 0.29) is 18.1 Å². The Morgan fingerprint density at radius 3 is 2.74 bits per heavy atom. The first-order valence-electron chi connectivity index (χ1n) is 5.57. The van der Waals surface area contributed by atoms with Crippen LogP contribution >= 0.6 is 0 Å². The van der Waals surface area contributed by atoms with Crippen LogP contribution in [0.15, 0.2) is 23.4 Å². The quantitative estimate of drug-likeness (QED) is 0.769. The van der Waals surface area contributed by atoms with Gasteiger partial charge in [-0.25, -0.2) is 26.2 Å². The Hall–Kier alpha value is -1.06. The van der Waals surface area contributed by atoms with Crippen LogP contribution in [-0.4, -0.2) is 50.2 Å². The average Bonchev–Trinajstić information content (AvgIpc) is 2.27. The van der Waals surface area contributed by atoms with Gasteiger partial charge >= 0.3 is 0 Å². The van der Waals surface area contributed by atoms with Crippen LogP contribution in [0.3, 0.4) is 0 Å². The minimum absolute atomic E-state index is 0.179. The van der Waals surface area contributed by atoms with Gasteiger partial charge in [0.1, 0.15) is 0 Å². The smallest absolute Gasteiger partial charge is 0.241 e. The Bertz CT molecular complexity index is 687. The van der Waals surface area contributed by atoms with Crippen LogP contribution in [0, 0.1) is 5.82 Å². The Morgan fingerprint density at radius 1 is 1.47 bits per heavy atom. The van der Waals surface area contributed by atoms with E-state index in [9.17, 15) is 21.2 Å². The number of sulfonamides is 1. The first kappa shape index (κ1) is 14.4. The molecular formula is C10H13FN2O4S2. The maximum absolute atomic E-state index is 13.5. The summed E-state index contributed by atoms with van der Waals surface area (Å²) >= 11 is 0. The van der Waals surface area contributed by atoms with Crippen molar-refractivity contribution in [1.82, 2.24) is 9.29 Å². The van der Waals surface area contributed by atoms with Gasteiger partial charge in [0.2, 0.25) is 5.03 Å². The first-order valence-corrected chi connectivity index (χ1v) is 8.83. The van der Waals surface area contributed by atoms with E-state index in [1.54, 1.807) is 0 Å². The van der Waals surface area contributed by atoms with Crippen molar-refractivity contribution in [2.24, 2.45) is 0 Å². The zero-order chi connectivity index (χ0) is 14.3. The highest BCUT2D eigenvalue weighted by atomic mass is 32.2. The molecule has 1 aliphatic rings. The van der Waals surface area contributed by atoms with Gasteiger partial charge in [0.15, 0.2) is 15.7 Å². The van der Waals surface area contributed by atoms with Crippen molar-refractivity contribution in [2.45, 2.75) is 18.0 Å². The van der Waals surface area contributed by atoms with Crippen molar-refractivity contribution >= 4 is 19.9 Å². The van der Waals surface area contributed by atoms with Gasteiger partial charge in [0, 0.05) is 18.8 Å². The zero-order valence-electron chi connectivity index (χ0n) is 10.2. The lowest BCUT2D eigenvalue weighted by Crippen LogP contribution is -2.49. The lowest BCUT2D eigenvalue weighted by molar-refractivity contribution is 0.353. The molecule has 1 atom stereocenters. The summed E-state index contributed by atoms with van der Waals surface area (Å²) in [6.45, 7) is 1.30. The standard InChI is InChI=1S/C10H13FN2O4S2/c1-8-7-18(14,15)6-5-13(8)19(16,17)10-9(11)3-2-4-12-10/h2-4,8H,5-7H2,1H3. The van der Waals surface area contributed by atoms with E-state index in [4.69, 9.17) is 0 Å². The van der Waals surface area contributed by atoms with Gasteiger partial charge in [-0.3, -0.25) is 0 Å². The lowest BCUT2D eigenvalue weighted by atomic mass is 10.4. The third-order valence-corrected chi connectivity index (χ3v) is 6.63. The second-order valence-corrected chi connectivity index (χ2v) is 8.40. The molecule has 1 aliphatic heterocycles. The molecule has 0 N–H and O–H groups in total. The van der Waals surface area contributed by atoms with Gasteiger partial charge in [0.05, 0.1) is 11.5 Å². The van der Waals surface area contributed by atoms with Crippen LogP contribution in [0.1, 0.15) is 6.92 Å². The van der Waals surface area contributed by atoms with E-state index in [0.717, 1.165) is 10.4 Å². The number of sulfone groups is 1. The molecule has 1 fully saturated rings. The zero-order valence-corrected chi connectivity index (χ0v) is 11.8. The van der Waals surface area contributed by atoms with E-state index in [1.165, 1.54) is 19.2 Å². The predicted molar refractivity (Wildman–Crippen MR) is 66.2 cm³/mol. The summed E-state index contributed by atoms with van der Waals surface area (Å²) in [6.07, 6.45) is 1.18. The van der Waals surface area contributed by atoms with Crippen molar-refractivity contribution in [1.29, 1.82) is 0 Å². The van der Waals surface area contributed by atoms with Gasteiger partial charge in [-0.2, -0.15) is 4.31 Å². The van der Waals surface area contributed by atoms with Crippen molar-refractivity contribution in [2.75, 3.05) is 18.1 Å². The Morgan fingerprint density at radius 2 is 2.16 bits per heavy atom. The number of pyridine rings is 1. The summed E-state index contributed by atoms with van der Waals surface area (Å²) in [5, 5.41) is -0.666. The molecule has 0 aliphatic carbocycles. The van der Waals surface area contributed by atoms with E-state index in [1.807, 2.05) is 0 Å². The molecule has 0 radical (unpaired) electrons. The molecule has 1 aromatic heterocycles. The molecule has 0 spiro atoms. The normalized spacial score (nSPS) is 24.2. The van der Waals surface area contributed by atoms with Crippen molar-refractivity contribution < 1.29 is 21.2 Å². The minimum Gasteiger partial charge on any atom is -0.241 e. The summed E-state index contributed by atoms with van der Waals surface area (Å²) in [4.78, 5) is 3.54. The fourth-order valence-corrected chi connectivity index (χ4v) is 5.39. The topological polar surface area (TPSA) is 84.4 Å². The summed E-state index contributed by atoms with van der Waals surface area (Å²) < 4.78 is 61.9. The largest absolute Gasteiger partial charge is 0.263 e. The van der Waals surface area contributed by atoms with Crippen LogP contribution in [0.5, 0.6) is 0 Å². The van der Waals surface area contributed by atoms with E-state index in [2.05, 4.69) is 4.98 Å². The Kier molecular flexibility index (Phi) is 3.63. The van der Waals surface area contributed by atoms with Crippen LogP contribution in [-0.2, 0) is 19.9 Å². The van der Waals surface area contributed by atoms with Gasteiger partial charge < -0.3 is 0 Å². The molecule has 1 unspecified atom stereocenters. The lowest BCUT2D eigenvalue weighted by Gasteiger charge is -2.31. The molecule has 0 aromatic carbocycles. The second kappa shape index (κ2) is 4.80. The fraction of sp³-hybridized carbons (Fsp3) is 0.500. The molecule has 19 heavy (non-hydrogen) atoms. The average molecular weight is 308 g/mol. The molecule has 1 saturated heterocycles. The van der Waals surface area contributed by atoms with E-state index in [0.29, 0.717) is 0 Å². The Balaban J connectivity index is 2.39. The number of halogens is 1. The summed E-state index contributed by atoms with van der Waals surface area (Å²) in [5.41, 5.74) is 0. The molecule has 0 amide bonds. The highest BCUT2D eigenvalue weighted by molar-refractivity contribution is 7.92. The molecule has 2 heterocycles. The van der Waals surface area contributed by atoms with Gasteiger partial charge in [-0.05, 0) is 19.1 Å². The Labute approximate surface area is 111 Å². The highest BCUT2D eigenvalue weighted by Gasteiger charge is 2.38. The van der Waals surface area contributed by atoms with Gasteiger partial charge in [-0.15, -0.1) is 0 Å². The molecule has 2 rings (SSSR count). The number of aromatic nitrogens is 1. The predicted octanol–water partition coefficient (Wildman–Crippen LogP) is 0.0283. The summed E-state index contributed by atoms with van der Waals surface area (Å²) in [7, 11) is -7.35. The van der Waals surface area contributed by atoms with Gasteiger partial charge in [-0.1, -0.05) is 0 Å². The molecule has 106 valence electrons. The fourth-order valence-electron chi connectivity index (χ4n) is 2.01. The van der Waals surface area contributed by atoms with Crippen LogP contribution < -0.4 is 0 Å². The van der Waals surface area contributed by atoms with Crippen molar-refractivity contribution in [3.05, 3.63) is 24.1 Å². The minimum atomic E-state index is -4.11. The molecule has 0 saturated carbocycles. The molecular weight excluding hydrogens is 295 g/mol. The van der Waals surface area contributed by atoms with E-state index >= 15 is 0 Å². The SMILES string of the molecule is CC1CS(=O)(=O)CCN1S(=O)(=O)c1ncccc1F. The monoisotopic (exact) mass is 308 g/mol. The molecule has 6 nitrogen and oxygen atoms in total. The third kappa shape index (κ3) is 2.77. The second-order valence-electron chi connectivity index (χ2n) is 4.37. The van der Waals surface area contributed by atoms with Crippen LogP contribution in [0.2, 0.25) is 0 Å². The van der Waals surface area contributed by atoms with Crippen LogP contribution in [0.4, 0.5) is 4.39 Å². The first-order chi connectivity index (χ1) is 8.74. The maximum Gasteiger partial charge on any atom is 0.263 e. The van der Waals surface area contributed by atoms with Crippen molar-refractivity contribution in [3.8, 4) is 0 Å². The summed E-state index contributed by atoms with van der Waals surface area (Å²) in [6, 6.07) is 1.56. The van der Waals surface area contributed by atoms with Gasteiger partial charge in [0.25, 0.3) is 10.0 Å². The highest BCUT2D eigenvalue weighted by Crippen LogP contribution is 2.22. The number of hydrogen-bond acceptors (Lipinski definition) is 5. The molecule has 0 bridgehead atoms.